The third-order valence-electron chi connectivity index (χ3n) is 5.55. The van der Waals surface area contributed by atoms with Gasteiger partial charge in [-0.1, -0.05) is 35.9 Å². The molecule has 2 aromatic carbocycles. The van der Waals surface area contributed by atoms with Gasteiger partial charge in [0.05, 0.1) is 11.0 Å². The first kappa shape index (κ1) is 16.2. The summed E-state index contributed by atoms with van der Waals surface area (Å²) >= 11 is 6.18. The fourth-order valence-corrected chi connectivity index (χ4v) is 4.45. The van der Waals surface area contributed by atoms with Gasteiger partial charge in [-0.3, -0.25) is 10.1 Å². The van der Waals surface area contributed by atoms with Gasteiger partial charge >= 0.3 is 0 Å². The molecule has 0 saturated carbocycles. The number of rotatable bonds is 2. The van der Waals surface area contributed by atoms with Gasteiger partial charge < -0.3 is 5.32 Å². The second-order valence-electron chi connectivity index (χ2n) is 6.91. The van der Waals surface area contributed by atoms with Crippen molar-refractivity contribution in [1.82, 2.24) is 0 Å². The standard InChI is InChI=1S/C20H19ClN2O2/c1-11-9-17(23(24)25)20-18(12(11)2)15-7-4-8-16(15)19(22-20)13-5-3-6-14(21)10-13/h3-7,9-10,15-16,19,22H,8H2,1-2H3/t15?,16?,19-/m1/s1. The zero-order chi connectivity index (χ0) is 17.7. The first-order valence-corrected chi connectivity index (χ1v) is 8.82. The summed E-state index contributed by atoms with van der Waals surface area (Å²) in [4.78, 5) is 11.4. The van der Waals surface area contributed by atoms with Crippen molar-refractivity contribution in [3.63, 3.8) is 0 Å². The molecule has 4 rings (SSSR count). The normalized spacial score (nSPS) is 23.7. The lowest BCUT2D eigenvalue weighted by Crippen LogP contribution is -2.30. The van der Waals surface area contributed by atoms with E-state index in [9.17, 15) is 10.1 Å². The zero-order valence-electron chi connectivity index (χ0n) is 14.1. The molecule has 0 saturated heterocycles. The molecule has 2 unspecified atom stereocenters. The van der Waals surface area contributed by atoms with Gasteiger partial charge in [-0.25, -0.2) is 0 Å². The van der Waals surface area contributed by atoms with E-state index in [-0.39, 0.29) is 22.6 Å². The van der Waals surface area contributed by atoms with Crippen molar-refractivity contribution in [2.75, 3.05) is 5.32 Å². The van der Waals surface area contributed by atoms with Gasteiger partial charge in [0.25, 0.3) is 5.69 Å². The van der Waals surface area contributed by atoms with Crippen LogP contribution in [-0.4, -0.2) is 4.92 Å². The van der Waals surface area contributed by atoms with Gasteiger partial charge in [-0.15, -0.1) is 0 Å². The van der Waals surface area contributed by atoms with Gasteiger partial charge in [-0.2, -0.15) is 0 Å². The molecule has 2 aromatic rings. The number of anilines is 1. The summed E-state index contributed by atoms with van der Waals surface area (Å²) in [6.07, 6.45) is 5.35. The Hall–Kier alpha value is -2.33. The topological polar surface area (TPSA) is 55.2 Å². The summed E-state index contributed by atoms with van der Waals surface area (Å²) in [5, 5.41) is 15.8. The van der Waals surface area contributed by atoms with Gasteiger partial charge in [-0.05, 0) is 60.6 Å². The molecule has 0 bridgehead atoms. The van der Waals surface area contributed by atoms with E-state index in [1.807, 2.05) is 31.2 Å². The summed E-state index contributed by atoms with van der Waals surface area (Å²) in [6.45, 7) is 4.00. The van der Waals surface area contributed by atoms with Crippen molar-refractivity contribution in [2.24, 2.45) is 5.92 Å². The quantitative estimate of drug-likeness (QED) is 0.428. The molecule has 1 N–H and O–H groups in total. The minimum Gasteiger partial charge on any atom is -0.372 e. The number of benzene rings is 2. The molecule has 0 radical (unpaired) electrons. The van der Waals surface area contributed by atoms with Gasteiger partial charge in [0.1, 0.15) is 5.69 Å². The fraction of sp³-hybridized carbons (Fsp3) is 0.300. The monoisotopic (exact) mass is 354 g/mol. The lowest BCUT2D eigenvalue weighted by Gasteiger charge is -2.38. The Morgan fingerprint density at radius 3 is 2.80 bits per heavy atom. The van der Waals surface area contributed by atoms with Crippen LogP contribution in [0.4, 0.5) is 11.4 Å². The molecule has 2 aliphatic rings. The molecule has 5 heteroatoms. The average molecular weight is 355 g/mol. The Bertz CT molecular complexity index is 907. The first-order chi connectivity index (χ1) is 12.0. The zero-order valence-corrected chi connectivity index (χ0v) is 14.9. The van der Waals surface area contributed by atoms with Crippen molar-refractivity contribution in [2.45, 2.75) is 32.2 Å². The molecule has 1 heterocycles. The minimum absolute atomic E-state index is 0.00649. The van der Waals surface area contributed by atoms with E-state index in [4.69, 9.17) is 11.6 Å². The van der Waals surface area contributed by atoms with Crippen LogP contribution >= 0.6 is 11.6 Å². The SMILES string of the molecule is Cc1cc([N+](=O)[O-])c2c(c1C)C1C=CCC1[C@@H](c1cccc(Cl)c1)N2. The van der Waals surface area contributed by atoms with E-state index >= 15 is 0 Å². The smallest absolute Gasteiger partial charge is 0.292 e. The maximum absolute atomic E-state index is 11.7. The molecule has 25 heavy (non-hydrogen) atoms. The highest BCUT2D eigenvalue weighted by Crippen LogP contribution is 2.53. The second kappa shape index (κ2) is 5.88. The Balaban J connectivity index is 1.92. The van der Waals surface area contributed by atoms with E-state index in [1.54, 1.807) is 6.07 Å². The molecule has 0 amide bonds. The van der Waals surface area contributed by atoms with E-state index in [0.29, 0.717) is 16.6 Å². The average Bonchev–Trinajstić information content (AvgIpc) is 3.06. The number of nitro benzene ring substituents is 1. The van der Waals surface area contributed by atoms with Crippen LogP contribution in [0.1, 0.15) is 40.6 Å². The van der Waals surface area contributed by atoms with Gasteiger partial charge in [0.2, 0.25) is 0 Å². The number of nitrogens with one attached hydrogen (secondary N) is 1. The van der Waals surface area contributed by atoms with Crippen LogP contribution in [0.2, 0.25) is 5.02 Å². The number of halogens is 1. The molecular weight excluding hydrogens is 336 g/mol. The summed E-state index contributed by atoms with van der Waals surface area (Å²) in [5.41, 5.74) is 5.06. The van der Waals surface area contributed by atoms with Crippen LogP contribution < -0.4 is 5.32 Å². The van der Waals surface area contributed by atoms with Crippen LogP contribution in [0.25, 0.3) is 0 Å². The molecule has 3 atom stereocenters. The minimum atomic E-state index is -0.285. The number of nitrogens with zero attached hydrogens (tertiary/aromatic N) is 1. The van der Waals surface area contributed by atoms with E-state index in [2.05, 4.69) is 24.4 Å². The van der Waals surface area contributed by atoms with Crippen LogP contribution in [0, 0.1) is 29.9 Å². The largest absolute Gasteiger partial charge is 0.372 e. The summed E-state index contributed by atoms with van der Waals surface area (Å²) < 4.78 is 0. The second-order valence-corrected chi connectivity index (χ2v) is 7.35. The van der Waals surface area contributed by atoms with Crippen LogP contribution in [-0.2, 0) is 0 Å². The highest BCUT2D eigenvalue weighted by Gasteiger charge is 2.41. The molecule has 128 valence electrons. The van der Waals surface area contributed by atoms with E-state index in [1.165, 1.54) is 0 Å². The number of hydrogen-bond donors (Lipinski definition) is 1. The number of nitro groups is 1. The van der Waals surface area contributed by atoms with Crippen LogP contribution in [0.5, 0.6) is 0 Å². The number of fused-ring (bicyclic) bond motifs is 3. The third kappa shape index (κ3) is 2.52. The number of hydrogen-bond acceptors (Lipinski definition) is 3. The summed E-state index contributed by atoms with van der Waals surface area (Å²) in [5.74, 6) is 0.532. The van der Waals surface area contributed by atoms with Crippen molar-refractivity contribution in [3.05, 3.63) is 79.9 Å². The fourth-order valence-electron chi connectivity index (χ4n) is 4.25. The van der Waals surface area contributed by atoms with Crippen molar-refractivity contribution in [3.8, 4) is 0 Å². The first-order valence-electron chi connectivity index (χ1n) is 8.44. The predicted molar refractivity (Wildman–Crippen MR) is 100 cm³/mol. The number of aryl methyl sites for hydroxylation is 1. The summed E-state index contributed by atoms with van der Waals surface area (Å²) in [6, 6.07) is 9.45. The predicted octanol–water partition coefficient (Wildman–Crippen LogP) is 5.69. The summed E-state index contributed by atoms with van der Waals surface area (Å²) in [7, 11) is 0. The number of allylic oxidation sites excluding steroid dienone is 2. The lowest BCUT2D eigenvalue weighted by molar-refractivity contribution is -0.384. The van der Waals surface area contributed by atoms with Crippen molar-refractivity contribution >= 4 is 23.0 Å². The lowest BCUT2D eigenvalue weighted by atomic mass is 9.74. The maximum Gasteiger partial charge on any atom is 0.292 e. The molecular formula is C20H19ClN2O2. The third-order valence-corrected chi connectivity index (χ3v) is 5.79. The van der Waals surface area contributed by atoms with E-state index in [0.717, 1.165) is 28.7 Å². The van der Waals surface area contributed by atoms with Gasteiger partial charge in [0.15, 0.2) is 0 Å². The highest BCUT2D eigenvalue weighted by molar-refractivity contribution is 6.30. The molecule has 1 aliphatic heterocycles. The van der Waals surface area contributed by atoms with Crippen LogP contribution in [0.3, 0.4) is 0 Å². The van der Waals surface area contributed by atoms with Crippen molar-refractivity contribution < 1.29 is 4.92 Å². The maximum atomic E-state index is 11.7. The molecule has 1 aliphatic carbocycles. The van der Waals surface area contributed by atoms with Gasteiger partial charge in [0, 0.05) is 17.0 Å². The molecule has 0 spiro atoms. The Kier molecular flexibility index (Phi) is 3.80. The Morgan fingerprint density at radius 1 is 1.28 bits per heavy atom. The van der Waals surface area contributed by atoms with Crippen molar-refractivity contribution in [1.29, 1.82) is 0 Å². The molecule has 0 aromatic heterocycles. The van der Waals surface area contributed by atoms with Crippen LogP contribution in [0.15, 0.2) is 42.5 Å². The van der Waals surface area contributed by atoms with E-state index < -0.39 is 0 Å². The molecule has 4 nitrogen and oxygen atoms in total. The Labute approximate surface area is 151 Å². The molecule has 0 fully saturated rings. The Morgan fingerprint density at radius 2 is 2.08 bits per heavy atom. The highest BCUT2D eigenvalue weighted by atomic mass is 35.5.